The van der Waals surface area contributed by atoms with Crippen LogP contribution >= 0.6 is 13.7 Å². The third kappa shape index (κ3) is 28.7. The van der Waals surface area contributed by atoms with Gasteiger partial charge in [0.1, 0.15) is 0 Å². The molecule has 0 spiro atoms. The minimum atomic E-state index is -4.93. The second kappa shape index (κ2) is 41.9. The van der Waals surface area contributed by atoms with E-state index < -0.39 is 40.6 Å². The number of hydrogen-bond donors (Lipinski definition) is 1. The Balaban J connectivity index is 3.45. The van der Waals surface area contributed by atoms with Crippen LogP contribution in [-0.2, 0) is 19.2 Å². The van der Waals surface area contributed by atoms with Crippen LogP contribution in [0.2, 0.25) is 0 Å². The summed E-state index contributed by atoms with van der Waals surface area (Å²) in [6.07, 6.45) is 54.8. The molecule has 0 heterocycles. The van der Waals surface area contributed by atoms with Gasteiger partial charge in [-0.25, -0.2) is 0 Å². The van der Waals surface area contributed by atoms with Crippen molar-refractivity contribution < 1.29 is 31.6 Å². The fraction of sp³-hybridized carbons (Fsp3) is 0.875. The molecule has 0 aliphatic heterocycles. The number of benzene rings is 1. The Morgan fingerprint density at radius 3 is 0.838 bits per heavy atom. The van der Waals surface area contributed by atoms with E-state index in [1.807, 2.05) is 0 Å². The van der Waals surface area contributed by atoms with Crippen molar-refractivity contribution >= 4 is 35.7 Å². The van der Waals surface area contributed by atoms with Crippen LogP contribution < -0.4 is 0 Å². The SMILES string of the molecule is CCCCCCCCCCCCCCCCP(CCCC)(CCCC)(CCCC)OC(=O)c1ccc(C(=O)OP(CCCC)(CCCC)(CCCC)CCCCCCCCCCCCCCCC)c(S(=O)(=O)O)c1. The number of rotatable bonds is 53. The molecule has 0 radical (unpaired) electrons. The zero-order chi connectivity index (χ0) is 54.8. The van der Waals surface area contributed by atoms with Crippen LogP contribution in [0.15, 0.2) is 23.1 Å². The van der Waals surface area contributed by atoms with E-state index in [-0.39, 0.29) is 11.1 Å². The first-order chi connectivity index (χ1) is 35.7. The molecule has 0 bridgehead atoms. The van der Waals surface area contributed by atoms with Crippen LogP contribution in [0.25, 0.3) is 0 Å². The van der Waals surface area contributed by atoms with Gasteiger partial charge in [0.05, 0.1) is 0 Å². The van der Waals surface area contributed by atoms with Crippen molar-refractivity contribution in [1.82, 2.24) is 0 Å². The maximum absolute atomic E-state index is 14.9. The molecule has 0 atom stereocenters. The summed E-state index contributed by atoms with van der Waals surface area (Å²) in [7, 11) is -4.93. The molecule has 10 heteroatoms. The van der Waals surface area contributed by atoms with Crippen molar-refractivity contribution in [2.24, 2.45) is 0 Å². The zero-order valence-corrected chi connectivity index (χ0v) is 53.0. The predicted molar refractivity (Wildman–Crippen MR) is 330 cm³/mol. The van der Waals surface area contributed by atoms with Gasteiger partial charge in [0.15, 0.2) is 0 Å². The summed E-state index contributed by atoms with van der Waals surface area (Å²) in [4.78, 5) is 29.2. The number of hydrogen-bond acceptors (Lipinski definition) is 6. The van der Waals surface area contributed by atoms with E-state index in [9.17, 15) is 22.6 Å². The fourth-order valence-electron chi connectivity index (χ4n) is 12.1. The van der Waals surface area contributed by atoms with E-state index in [0.29, 0.717) is 0 Å². The quantitative estimate of drug-likeness (QED) is 0.0393. The molecule has 1 aromatic rings. The van der Waals surface area contributed by atoms with Crippen molar-refractivity contribution in [3.8, 4) is 0 Å². The van der Waals surface area contributed by atoms with E-state index in [1.54, 1.807) is 6.07 Å². The van der Waals surface area contributed by atoms with Crippen molar-refractivity contribution in [3.05, 3.63) is 29.3 Å². The molecule has 1 N–H and O–H groups in total. The standard InChI is InChI=1S/C64H124O7P2S/c1-9-17-25-27-29-31-33-35-37-39-41-43-45-47-57-72(51-19-11-3,52-20-12-4,53-21-13-5)70-63(65)60-49-50-61(62(59-60)74(67,68)69)64(66)71-73(54-22-14-6,55-23-15-7,56-24-16-8)58-48-46-44-42-40-38-36-34-32-30-28-26-18-10-2/h49-50,59H,9-48,51-58H2,1-8H3,(H,67,68,69). The topological polar surface area (TPSA) is 107 Å². The van der Waals surface area contributed by atoms with Crippen LogP contribution in [0, 0.1) is 0 Å². The maximum atomic E-state index is 14.9. The predicted octanol–water partition coefficient (Wildman–Crippen LogP) is 21.9. The monoisotopic (exact) mass is 1100 g/mol. The number of unbranched alkanes of at least 4 members (excludes halogenated alkanes) is 32. The molecule has 1 rings (SSSR count). The second-order valence-corrected chi connectivity index (χ2v) is 36.5. The van der Waals surface area contributed by atoms with Crippen molar-refractivity contribution in [3.63, 3.8) is 0 Å². The summed E-state index contributed by atoms with van der Waals surface area (Å²) in [5.74, 6) is -1.19. The Morgan fingerprint density at radius 1 is 0.351 bits per heavy atom. The Morgan fingerprint density at radius 2 is 0.581 bits per heavy atom. The van der Waals surface area contributed by atoms with E-state index in [4.69, 9.17) is 9.05 Å². The van der Waals surface area contributed by atoms with Crippen LogP contribution in [0.1, 0.15) is 333 Å². The molecular weight excluding hydrogens is 975 g/mol. The van der Waals surface area contributed by atoms with Gasteiger partial charge in [-0.3, -0.25) is 0 Å². The Labute approximate surface area is 460 Å². The Kier molecular flexibility index (Phi) is 40.2. The van der Waals surface area contributed by atoms with E-state index in [0.717, 1.165) is 152 Å². The molecular formula is C64H124O7P2S. The third-order valence-corrected chi connectivity index (χ3v) is 30.9. The summed E-state index contributed by atoms with van der Waals surface area (Å²) >= 11 is 0. The molecule has 7 nitrogen and oxygen atoms in total. The molecule has 74 heavy (non-hydrogen) atoms. The molecule has 0 aliphatic carbocycles. The van der Waals surface area contributed by atoms with Crippen LogP contribution in [0.3, 0.4) is 0 Å². The molecule has 0 amide bonds. The molecule has 0 saturated heterocycles. The number of carbonyl (C=O) groups excluding carboxylic acids is 2. The third-order valence-electron chi connectivity index (χ3n) is 17.0. The van der Waals surface area contributed by atoms with Crippen molar-refractivity contribution in [1.29, 1.82) is 0 Å². The summed E-state index contributed by atoms with van der Waals surface area (Å²) in [5, 5.41) is 0. The van der Waals surface area contributed by atoms with Gasteiger partial charge in [-0.05, 0) is 0 Å². The molecule has 0 aromatic heterocycles. The molecule has 438 valence electrons. The van der Waals surface area contributed by atoms with Gasteiger partial charge in [0, 0.05) is 0 Å². The summed E-state index contributed by atoms with van der Waals surface area (Å²) in [6, 6.07) is 4.22. The average Bonchev–Trinajstić information content (AvgIpc) is 3.39. The first kappa shape index (κ1) is 70.9. The van der Waals surface area contributed by atoms with Gasteiger partial charge in [0.2, 0.25) is 0 Å². The average molecular weight is 1100 g/mol. The van der Waals surface area contributed by atoms with Gasteiger partial charge in [-0.15, -0.1) is 0 Å². The van der Waals surface area contributed by atoms with Crippen LogP contribution in [-0.4, -0.2) is 74.2 Å². The van der Waals surface area contributed by atoms with E-state index in [1.165, 1.54) is 166 Å². The van der Waals surface area contributed by atoms with E-state index in [2.05, 4.69) is 55.4 Å². The minimum absolute atomic E-state index is 0.0801. The first-order valence-electron chi connectivity index (χ1n) is 32.3. The summed E-state index contributed by atoms with van der Waals surface area (Å²) in [5.41, 5.74) is -0.0946. The van der Waals surface area contributed by atoms with Gasteiger partial charge in [-0.1, -0.05) is 52.4 Å². The van der Waals surface area contributed by atoms with Gasteiger partial charge in [-0.2, -0.15) is 0 Å². The van der Waals surface area contributed by atoms with Crippen molar-refractivity contribution in [2.45, 2.75) is 317 Å². The normalized spacial score (nSPS) is 13.4. The zero-order valence-electron chi connectivity index (χ0n) is 50.4. The summed E-state index contributed by atoms with van der Waals surface area (Å²) in [6.45, 7) is 11.4. The Hall–Kier alpha value is -1.07. The van der Waals surface area contributed by atoms with Crippen LogP contribution in [0.5, 0.6) is 0 Å². The van der Waals surface area contributed by atoms with Gasteiger partial charge in [0.25, 0.3) is 0 Å². The van der Waals surface area contributed by atoms with Gasteiger partial charge >= 0.3 is 411 Å². The molecule has 1 aromatic carbocycles. The first-order valence-corrected chi connectivity index (χ1v) is 39.6. The number of carbonyl (C=O) groups is 2. The second-order valence-electron chi connectivity index (χ2n) is 23.8. The van der Waals surface area contributed by atoms with E-state index >= 15 is 0 Å². The molecule has 0 aliphatic rings. The summed E-state index contributed by atoms with van der Waals surface area (Å²) < 4.78 is 52.1. The van der Waals surface area contributed by atoms with Crippen molar-refractivity contribution in [2.75, 3.05) is 49.3 Å². The van der Waals surface area contributed by atoms with Crippen LogP contribution in [0.4, 0.5) is 0 Å². The van der Waals surface area contributed by atoms with Gasteiger partial charge < -0.3 is 0 Å². The Bertz CT molecular complexity index is 1630. The molecule has 0 saturated carbocycles. The molecule has 0 unspecified atom stereocenters. The fourth-order valence-corrected chi connectivity index (χ4v) is 26.1. The molecule has 0 fully saturated rings.